The molecule has 0 amide bonds. The summed E-state index contributed by atoms with van der Waals surface area (Å²) in [4.78, 5) is 4.47. The summed E-state index contributed by atoms with van der Waals surface area (Å²) < 4.78 is 7.60. The standard InChI is InChI=1S/C18H15N4O.Ir/c1-11-6-4-7-12(2)17(11)22-10-19-21-18(22)14-8-5-9-15-16(14)20-13(3)23-15;/h4-7,9-10H,1-3H3;/q-1;. The second-order valence-corrected chi connectivity index (χ2v) is 5.56. The third-order valence-electron chi connectivity index (χ3n) is 3.91. The van der Waals surface area contributed by atoms with Gasteiger partial charge in [-0.3, -0.25) is 4.98 Å². The van der Waals surface area contributed by atoms with Crippen molar-refractivity contribution in [1.29, 1.82) is 0 Å². The van der Waals surface area contributed by atoms with E-state index in [9.17, 15) is 0 Å². The van der Waals surface area contributed by atoms with Crippen LogP contribution in [0.2, 0.25) is 0 Å². The van der Waals surface area contributed by atoms with Crippen LogP contribution in [0.5, 0.6) is 0 Å². The topological polar surface area (TPSA) is 56.7 Å². The van der Waals surface area contributed by atoms with Gasteiger partial charge in [0.15, 0.2) is 5.89 Å². The predicted molar refractivity (Wildman–Crippen MR) is 87.4 cm³/mol. The molecule has 2 aromatic carbocycles. The summed E-state index contributed by atoms with van der Waals surface area (Å²) in [5, 5.41) is 8.41. The zero-order valence-corrected chi connectivity index (χ0v) is 15.9. The first-order chi connectivity index (χ1) is 11.1. The number of hydrogen-bond acceptors (Lipinski definition) is 4. The molecule has 4 rings (SSSR count). The van der Waals surface area contributed by atoms with Crippen LogP contribution in [0.1, 0.15) is 17.0 Å². The molecule has 1 radical (unpaired) electrons. The zero-order valence-electron chi connectivity index (χ0n) is 13.5. The molecule has 0 atom stereocenters. The quantitative estimate of drug-likeness (QED) is 0.397. The monoisotopic (exact) mass is 496 g/mol. The normalized spacial score (nSPS) is 10.8. The molecular formula is C18H15IrN4O-. The first-order valence-corrected chi connectivity index (χ1v) is 7.40. The van der Waals surface area contributed by atoms with Gasteiger partial charge in [0.2, 0.25) is 0 Å². The van der Waals surface area contributed by atoms with Crippen LogP contribution in [0.3, 0.4) is 0 Å². The van der Waals surface area contributed by atoms with Crippen LogP contribution in [0.4, 0.5) is 0 Å². The summed E-state index contributed by atoms with van der Waals surface area (Å²) >= 11 is 0. The number of rotatable bonds is 2. The van der Waals surface area contributed by atoms with Gasteiger partial charge in [0.25, 0.3) is 0 Å². The third kappa shape index (κ3) is 2.58. The summed E-state index contributed by atoms with van der Waals surface area (Å²) in [6, 6.07) is 13.1. The number of para-hydroxylation sites is 1. The molecule has 0 spiro atoms. The van der Waals surface area contributed by atoms with Gasteiger partial charge in [0.1, 0.15) is 6.33 Å². The largest absolute Gasteiger partial charge is 0.461 e. The Labute approximate surface area is 153 Å². The molecule has 4 aromatic rings. The summed E-state index contributed by atoms with van der Waals surface area (Å²) in [5.74, 6) is 1.33. The Kier molecular flexibility index (Phi) is 4.35. The van der Waals surface area contributed by atoms with Gasteiger partial charge < -0.3 is 8.98 Å². The van der Waals surface area contributed by atoms with Crippen LogP contribution < -0.4 is 0 Å². The van der Waals surface area contributed by atoms with Crippen molar-refractivity contribution < 1.29 is 24.5 Å². The molecule has 0 bridgehead atoms. The molecular weight excluding hydrogens is 480 g/mol. The van der Waals surface area contributed by atoms with E-state index in [1.807, 2.05) is 29.7 Å². The molecule has 0 aliphatic heterocycles. The van der Waals surface area contributed by atoms with Gasteiger partial charge >= 0.3 is 0 Å². The molecule has 0 fully saturated rings. The van der Waals surface area contributed by atoms with E-state index in [0.717, 1.165) is 33.5 Å². The van der Waals surface area contributed by atoms with Gasteiger partial charge in [-0.2, -0.15) is 5.10 Å². The van der Waals surface area contributed by atoms with Crippen molar-refractivity contribution in [2.45, 2.75) is 20.8 Å². The van der Waals surface area contributed by atoms with Crippen molar-refractivity contribution in [2.24, 2.45) is 0 Å². The van der Waals surface area contributed by atoms with Crippen LogP contribution >= 0.6 is 0 Å². The maximum absolute atomic E-state index is 5.61. The SMILES string of the molecule is Cc1nc2c(-c3nncn3-c3c(C)cccc3C)[c-]ccc2o1.[Ir]. The average molecular weight is 496 g/mol. The smallest absolute Gasteiger partial charge is 0.180 e. The van der Waals surface area contributed by atoms with Crippen molar-refractivity contribution >= 4 is 11.1 Å². The molecule has 0 saturated heterocycles. The molecule has 2 heterocycles. The molecule has 0 aliphatic carbocycles. The number of benzene rings is 2. The van der Waals surface area contributed by atoms with E-state index in [1.165, 1.54) is 0 Å². The van der Waals surface area contributed by atoms with E-state index in [0.29, 0.717) is 11.7 Å². The first-order valence-electron chi connectivity index (χ1n) is 7.40. The van der Waals surface area contributed by atoms with Crippen molar-refractivity contribution in [3.8, 4) is 17.1 Å². The number of aryl methyl sites for hydroxylation is 3. The fraction of sp³-hybridized carbons (Fsp3) is 0.167. The Morgan fingerprint density at radius 2 is 1.83 bits per heavy atom. The predicted octanol–water partition coefficient (Wildman–Crippen LogP) is 3.80. The van der Waals surface area contributed by atoms with Crippen LogP contribution in [0.15, 0.2) is 41.1 Å². The van der Waals surface area contributed by atoms with E-state index < -0.39 is 0 Å². The van der Waals surface area contributed by atoms with Crippen LogP contribution in [0, 0.1) is 26.8 Å². The molecule has 6 heteroatoms. The minimum atomic E-state index is 0. The molecule has 5 nitrogen and oxygen atoms in total. The van der Waals surface area contributed by atoms with E-state index in [-0.39, 0.29) is 20.1 Å². The van der Waals surface area contributed by atoms with Crippen LogP contribution in [-0.4, -0.2) is 19.7 Å². The molecule has 0 unspecified atom stereocenters. The molecule has 24 heavy (non-hydrogen) atoms. The van der Waals surface area contributed by atoms with Crippen LogP contribution in [-0.2, 0) is 20.1 Å². The van der Waals surface area contributed by atoms with Gasteiger partial charge in [-0.05, 0) is 25.0 Å². The zero-order chi connectivity index (χ0) is 16.0. The summed E-state index contributed by atoms with van der Waals surface area (Å²) in [6.07, 6.45) is 1.73. The summed E-state index contributed by atoms with van der Waals surface area (Å²) in [6.45, 7) is 5.99. The van der Waals surface area contributed by atoms with E-state index in [2.05, 4.69) is 47.2 Å². The Bertz CT molecular complexity index is 999. The number of oxazole rings is 1. The summed E-state index contributed by atoms with van der Waals surface area (Å²) in [5.41, 5.74) is 5.68. The van der Waals surface area contributed by atoms with Crippen LogP contribution in [0.25, 0.3) is 28.2 Å². The number of fused-ring (bicyclic) bond motifs is 1. The maximum atomic E-state index is 5.61. The fourth-order valence-corrected chi connectivity index (χ4v) is 2.93. The van der Waals surface area contributed by atoms with Crippen molar-refractivity contribution in [3.05, 3.63) is 59.7 Å². The molecule has 0 aliphatic rings. The minimum Gasteiger partial charge on any atom is -0.461 e. The number of nitrogens with zero attached hydrogens (tertiary/aromatic N) is 4. The number of hydrogen-bond donors (Lipinski definition) is 0. The molecule has 0 saturated carbocycles. The Morgan fingerprint density at radius 1 is 1.08 bits per heavy atom. The van der Waals surface area contributed by atoms with Gasteiger partial charge in [0, 0.05) is 38.2 Å². The van der Waals surface area contributed by atoms with Gasteiger partial charge in [-0.1, -0.05) is 29.8 Å². The average Bonchev–Trinajstić information content (AvgIpc) is 3.12. The molecule has 2 aromatic heterocycles. The van der Waals surface area contributed by atoms with Gasteiger partial charge in [-0.25, -0.2) is 0 Å². The molecule has 0 N–H and O–H groups in total. The maximum Gasteiger partial charge on any atom is 0.180 e. The van der Waals surface area contributed by atoms with E-state index in [1.54, 1.807) is 6.33 Å². The number of aromatic nitrogens is 4. The van der Waals surface area contributed by atoms with E-state index >= 15 is 0 Å². The Hall–Kier alpha value is -2.30. The molecule has 123 valence electrons. The first kappa shape index (κ1) is 16.6. The fourth-order valence-electron chi connectivity index (χ4n) is 2.93. The Balaban J connectivity index is 0.00000169. The summed E-state index contributed by atoms with van der Waals surface area (Å²) in [7, 11) is 0. The third-order valence-corrected chi connectivity index (χ3v) is 3.91. The van der Waals surface area contributed by atoms with E-state index in [4.69, 9.17) is 4.42 Å². The van der Waals surface area contributed by atoms with Crippen molar-refractivity contribution in [2.75, 3.05) is 0 Å². The van der Waals surface area contributed by atoms with Crippen molar-refractivity contribution in [1.82, 2.24) is 19.7 Å². The Morgan fingerprint density at radius 3 is 2.58 bits per heavy atom. The second kappa shape index (κ2) is 6.30. The second-order valence-electron chi connectivity index (χ2n) is 5.56. The van der Waals surface area contributed by atoms with Crippen molar-refractivity contribution in [3.63, 3.8) is 0 Å². The van der Waals surface area contributed by atoms with Gasteiger partial charge in [0.05, 0.1) is 11.4 Å². The van der Waals surface area contributed by atoms with Gasteiger partial charge in [-0.15, -0.1) is 17.2 Å². The minimum absolute atomic E-state index is 0.